The standard InChI is InChI=1S/C27H26N4O3/c1-19(2)26(32)29-25-17-24(30-31(25)22-12-5-3-6-13-22)27(33)28-21-11-9-10-20(16-21)18-34-23-14-7-4-8-15-23/h3-17,19H,18H2,1-2H3,(H,28,33)(H,29,32). The molecule has 0 saturated carbocycles. The van der Waals surface area contributed by atoms with Gasteiger partial charge in [-0.25, -0.2) is 4.68 Å². The van der Waals surface area contributed by atoms with Gasteiger partial charge in [-0.15, -0.1) is 0 Å². The molecule has 2 amide bonds. The normalized spacial score (nSPS) is 10.7. The van der Waals surface area contributed by atoms with E-state index in [1.165, 1.54) is 0 Å². The molecule has 0 spiro atoms. The van der Waals surface area contributed by atoms with Crippen LogP contribution in [0.1, 0.15) is 29.9 Å². The molecule has 1 heterocycles. The lowest BCUT2D eigenvalue weighted by atomic mass is 10.2. The van der Waals surface area contributed by atoms with Crippen molar-refractivity contribution >= 4 is 23.3 Å². The number of nitrogens with zero attached hydrogens (tertiary/aromatic N) is 2. The lowest BCUT2D eigenvalue weighted by Crippen LogP contribution is -2.19. The summed E-state index contributed by atoms with van der Waals surface area (Å²) in [6.07, 6.45) is 0. The third-order valence-electron chi connectivity index (χ3n) is 5.05. The van der Waals surface area contributed by atoms with Gasteiger partial charge in [0.25, 0.3) is 5.91 Å². The van der Waals surface area contributed by atoms with Gasteiger partial charge in [0, 0.05) is 17.7 Å². The predicted molar refractivity (Wildman–Crippen MR) is 132 cm³/mol. The zero-order valence-corrected chi connectivity index (χ0v) is 19.1. The Kier molecular flexibility index (Phi) is 7.03. The Morgan fingerprint density at radius 1 is 0.882 bits per heavy atom. The second-order valence-corrected chi connectivity index (χ2v) is 8.06. The number of ether oxygens (including phenoxy) is 1. The lowest BCUT2D eigenvalue weighted by Gasteiger charge is -2.10. The van der Waals surface area contributed by atoms with Gasteiger partial charge < -0.3 is 15.4 Å². The van der Waals surface area contributed by atoms with Gasteiger partial charge in [0.05, 0.1) is 5.69 Å². The van der Waals surface area contributed by atoms with Crippen LogP contribution in [0.15, 0.2) is 91.0 Å². The van der Waals surface area contributed by atoms with Crippen molar-refractivity contribution in [2.24, 2.45) is 5.92 Å². The molecule has 7 heteroatoms. The molecule has 0 bridgehead atoms. The third kappa shape index (κ3) is 5.69. The van der Waals surface area contributed by atoms with Crippen LogP contribution in [0.4, 0.5) is 11.5 Å². The number of aromatic nitrogens is 2. The SMILES string of the molecule is CC(C)C(=O)Nc1cc(C(=O)Nc2cccc(COc3ccccc3)c2)nn1-c1ccccc1. The molecule has 0 unspecified atom stereocenters. The van der Waals surface area contributed by atoms with Gasteiger partial charge in [-0.1, -0.05) is 62.4 Å². The molecule has 34 heavy (non-hydrogen) atoms. The van der Waals surface area contributed by atoms with Gasteiger partial charge in [-0.3, -0.25) is 9.59 Å². The lowest BCUT2D eigenvalue weighted by molar-refractivity contribution is -0.118. The maximum absolute atomic E-state index is 13.0. The van der Waals surface area contributed by atoms with Crippen LogP contribution in [0, 0.1) is 5.92 Å². The molecule has 7 nitrogen and oxygen atoms in total. The highest BCUT2D eigenvalue weighted by Gasteiger charge is 2.18. The Labute approximate surface area is 198 Å². The van der Waals surface area contributed by atoms with Crippen LogP contribution in [0.25, 0.3) is 5.69 Å². The molecule has 0 aliphatic rings. The monoisotopic (exact) mass is 454 g/mol. The van der Waals surface area contributed by atoms with Crippen molar-refractivity contribution in [3.8, 4) is 11.4 Å². The minimum Gasteiger partial charge on any atom is -0.489 e. The van der Waals surface area contributed by atoms with E-state index >= 15 is 0 Å². The third-order valence-corrected chi connectivity index (χ3v) is 5.05. The topological polar surface area (TPSA) is 85.2 Å². The minimum atomic E-state index is -0.379. The summed E-state index contributed by atoms with van der Waals surface area (Å²) in [6, 6.07) is 27.9. The number of amides is 2. The molecule has 0 saturated heterocycles. The van der Waals surface area contributed by atoms with Crippen LogP contribution >= 0.6 is 0 Å². The molecule has 2 N–H and O–H groups in total. The molecule has 4 rings (SSSR count). The summed E-state index contributed by atoms with van der Waals surface area (Å²) in [4.78, 5) is 25.3. The first-order valence-electron chi connectivity index (χ1n) is 11.0. The average Bonchev–Trinajstić information content (AvgIpc) is 3.28. The molecular weight excluding hydrogens is 428 g/mol. The second kappa shape index (κ2) is 10.5. The highest BCUT2D eigenvalue weighted by atomic mass is 16.5. The molecule has 0 aliphatic heterocycles. The summed E-state index contributed by atoms with van der Waals surface area (Å²) in [6.45, 7) is 3.99. The van der Waals surface area contributed by atoms with Crippen LogP contribution in [0.5, 0.6) is 5.75 Å². The highest BCUT2D eigenvalue weighted by Crippen LogP contribution is 2.20. The number of benzene rings is 3. The summed E-state index contributed by atoms with van der Waals surface area (Å²) in [5, 5.41) is 10.2. The predicted octanol–water partition coefficient (Wildman–Crippen LogP) is 5.30. The van der Waals surface area contributed by atoms with E-state index in [1.54, 1.807) is 30.7 Å². The van der Waals surface area contributed by atoms with E-state index in [2.05, 4.69) is 15.7 Å². The van der Waals surface area contributed by atoms with Crippen molar-refractivity contribution in [1.82, 2.24) is 9.78 Å². The Balaban J connectivity index is 1.51. The average molecular weight is 455 g/mol. The van der Waals surface area contributed by atoms with Crippen molar-refractivity contribution in [2.45, 2.75) is 20.5 Å². The summed E-state index contributed by atoms with van der Waals surface area (Å²) >= 11 is 0. The van der Waals surface area contributed by atoms with E-state index in [1.807, 2.05) is 78.9 Å². The van der Waals surface area contributed by atoms with Crippen LogP contribution in [0.2, 0.25) is 0 Å². The molecule has 0 fully saturated rings. The Morgan fingerprint density at radius 3 is 2.29 bits per heavy atom. The van der Waals surface area contributed by atoms with E-state index in [9.17, 15) is 9.59 Å². The van der Waals surface area contributed by atoms with Crippen LogP contribution < -0.4 is 15.4 Å². The van der Waals surface area contributed by atoms with Gasteiger partial charge in [-0.2, -0.15) is 5.10 Å². The zero-order valence-electron chi connectivity index (χ0n) is 19.1. The van der Waals surface area contributed by atoms with E-state index in [-0.39, 0.29) is 23.4 Å². The van der Waals surface area contributed by atoms with Crippen LogP contribution in [0.3, 0.4) is 0 Å². The number of anilines is 2. The molecule has 4 aromatic rings. The Morgan fingerprint density at radius 2 is 1.59 bits per heavy atom. The molecular formula is C27H26N4O3. The molecule has 1 aromatic heterocycles. The van der Waals surface area contributed by atoms with Crippen molar-refractivity contribution in [3.63, 3.8) is 0 Å². The number of hydrogen-bond donors (Lipinski definition) is 2. The molecule has 0 aliphatic carbocycles. The van der Waals surface area contributed by atoms with Crippen LogP contribution in [-0.2, 0) is 11.4 Å². The zero-order chi connectivity index (χ0) is 23.9. The first-order valence-corrected chi connectivity index (χ1v) is 11.0. The number of nitrogens with one attached hydrogen (secondary N) is 2. The first-order chi connectivity index (χ1) is 16.5. The van der Waals surface area contributed by atoms with Gasteiger partial charge >= 0.3 is 0 Å². The maximum atomic E-state index is 13.0. The number of carbonyl (C=O) groups excluding carboxylic acids is 2. The van der Waals surface area contributed by atoms with E-state index < -0.39 is 0 Å². The van der Waals surface area contributed by atoms with Crippen molar-refractivity contribution in [2.75, 3.05) is 10.6 Å². The highest BCUT2D eigenvalue weighted by molar-refractivity contribution is 6.04. The Bertz CT molecular complexity index is 1270. The fraction of sp³-hybridized carbons (Fsp3) is 0.148. The first kappa shape index (κ1) is 22.8. The van der Waals surface area contributed by atoms with E-state index in [0.29, 0.717) is 18.1 Å². The summed E-state index contributed by atoms with van der Waals surface area (Å²) in [7, 11) is 0. The van der Waals surface area contributed by atoms with Crippen molar-refractivity contribution in [3.05, 3.63) is 102 Å². The summed E-state index contributed by atoms with van der Waals surface area (Å²) < 4.78 is 7.35. The number of rotatable bonds is 8. The van der Waals surface area contributed by atoms with E-state index in [0.717, 1.165) is 17.0 Å². The Hall–Kier alpha value is -4.39. The summed E-state index contributed by atoms with van der Waals surface area (Å²) in [5.41, 5.74) is 2.47. The van der Waals surface area contributed by atoms with Gasteiger partial charge in [0.2, 0.25) is 5.91 Å². The quantitative estimate of drug-likeness (QED) is 0.378. The van der Waals surface area contributed by atoms with Gasteiger partial charge in [0.15, 0.2) is 5.69 Å². The molecule has 172 valence electrons. The number of hydrogen-bond acceptors (Lipinski definition) is 4. The minimum absolute atomic E-state index is 0.157. The largest absolute Gasteiger partial charge is 0.489 e. The fourth-order valence-corrected chi connectivity index (χ4v) is 3.24. The van der Waals surface area contributed by atoms with Crippen molar-refractivity contribution < 1.29 is 14.3 Å². The van der Waals surface area contributed by atoms with E-state index in [4.69, 9.17) is 4.74 Å². The van der Waals surface area contributed by atoms with Crippen LogP contribution in [-0.4, -0.2) is 21.6 Å². The fourth-order valence-electron chi connectivity index (χ4n) is 3.24. The van der Waals surface area contributed by atoms with Gasteiger partial charge in [0.1, 0.15) is 18.2 Å². The smallest absolute Gasteiger partial charge is 0.276 e. The number of para-hydroxylation sites is 2. The molecule has 0 radical (unpaired) electrons. The number of carbonyl (C=O) groups is 2. The molecule has 3 aromatic carbocycles. The summed E-state index contributed by atoms with van der Waals surface area (Å²) in [5.74, 6) is 0.461. The second-order valence-electron chi connectivity index (χ2n) is 8.06. The molecule has 0 atom stereocenters. The van der Waals surface area contributed by atoms with Gasteiger partial charge in [-0.05, 0) is 42.0 Å². The van der Waals surface area contributed by atoms with Crippen molar-refractivity contribution in [1.29, 1.82) is 0 Å². The maximum Gasteiger partial charge on any atom is 0.276 e.